The molecule has 2 aromatic carbocycles. The van der Waals surface area contributed by atoms with E-state index in [1.54, 1.807) is 12.1 Å². The number of amides is 1. The lowest BCUT2D eigenvalue weighted by Crippen LogP contribution is -2.31. The highest BCUT2D eigenvalue weighted by Crippen LogP contribution is 2.24. The van der Waals surface area contributed by atoms with E-state index in [-0.39, 0.29) is 18.6 Å². The van der Waals surface area contributed by atoms with Crippen LogP contribution in [0.3, 0.4) is 0 Å². The lowest BCUT2D eigenvalue weighted by Gasteiger charge is -2.13. The first-order valence-electron chi connectivity index (χ1n) is 8.39. The number of hydrogen-bond donors (Lipinski definition) is 1. The minimum atomic E-state index is -4.21. The zero-order valence-corrected chi connectivity index (χ0v) is 14.8. The normalized spacial score (nSPS) is 12.5. The molecule has 3 nitrogen and oxygen atoms in total. The molecule has 0 saturated carbocycles. The van der Waals surface area contributed by atoms with Crippen LogP contribution in [-0.2, 0) is 11.2 Å². The van der Waals surface area contributed by atoms with Crippen molar-refractivity contribution in [1.29, 1.82) is 0 Å². The highest BCUT2D eigenvalue weighted by atomic mass is 19.4. The van der Waals surface area contributed by atoms with Crippen molar-refractivity contribution in [2.45, 2.75) is 38.9 Å². The Hall–Kier alpha value is -2.50. The number of nitrogens with one attached hydrogen (secondary N) is 1. The second-order valence-corrected chi connectivity index (χ2v) is 6.24. The predicted molar refractivity (Wildman–Crippen MR) is 95.0 cm³/mol. The van der Waals surface area contributed by atoms with Crippen molar-refractivity contribution < 1.29 is 22.7 Å². The van der Waals surface area contributed by atoms with Crippen LogP contribution in [0.2, 0.25) is 0 Å². The van der Waals surface area contributed by atoms with E-state index in [4.69, 9.17) is 4.74 Å². The summed E-state index contributed by atoms with van der Waals surface area (Å²) in [5.41, 5.74) is 3.07. The fourth-order valence-corrected chi connectivity index (χ4v) is 2.61. The molecule has 2 rings (SSSR count). The topological polar surface area (TPSA) is 38.3 Å². The molecule has 0 aliphatic rings. The smallest absolute Gasteiger partial charge is 0.392 e. The monoisotopic (exact) mass is 365 g/mol. The summed E-state index contributed by atoms with van der Waals surface area (Å²) in [6, 6.07) is 15.0. The number of benzene rings is 2. The van der Waals surface area contributed by atoms with Gasteiger partial charge in [0.05, 0.1) is 13.0 Å². The van der Waals surface area contributed by atoms with Crippen LogP contribution in [-0.4, -0.2) is 24.7 Å². The van der Waals surface area contributed by atoms with E-state index >= 15 is 0 Å². The highest BCUT2D eigenvalue weighted by molar-refractivity contribution is 5.73. The summed E-state index contributed by atoms with van der Waals surface area (Å²) < 4.78 is 41.5. The van der Waals surface area contributed by atoms with E-state index in [1.165, 1.54) is 6.92 Å². The summed E-state index contributed by atoms with van der Waals surface area (Å²) in [5.74, 6) is 0.366. The summed E-state index contributed by atoms with van der Waals surface area (Å²) in [7, 11) is 0. The van der Waals surface area contributed by atoms with Gasteiger partial charge in [0.15, 0.2) is 0 Å². The Bertz CT molecular complexity index is 709. The number of rotatable bonds is 7. The largest absolute Gasteiger partial charge is 0.493 e. The van der Waals surface area contributed by atoms with Gasteiger partial charge in [0.2, 0.25) is 5.91 Å². The third-order valence-corrected chi connectivity index (χ3v) is 3.79. The number of halogens is 3. The van der Waals surface area contributed by atoms with Crippen LogP contribution in [0.1, 0.15) is 25.8 Å². The Morgan fingerprint density at radius 2 is 1.58 bits per heavy atom. The van der Waals surface area contributed by atoms with Gasteiger partial charge in [-0.3, -0.25) is 4.79 Å². The second kappa shape index (κ2) is 8.74. The molecule has 6 heteroatoms. The molecule has 2 aromatic rings. The average molecular weight is 365 g/mol. The number of hydrogen-bond acceptors (Lipinski definition) is 2. The summed E-state index contributed by atoms with van der Waals surface area (Å²) in [6.07, 6.45) is -4.43. The lowest BCUT2D eigenvalue weighted by atomic mass is 10.0. The Morgan fingerprint density at radius 3 is 2.08 bits per heavy atom. The van der Waals surface area contributed by atoms with Gasteiger partial charge >= 0.3 is 6.18 Å². The molecule has 1 unspecified atom stereocenters. The molecule has 26 heavy (non-hydrogen) atoms. The third-order valence-electron chi connectivity index (χ3n) is 3.79. The van der Waals surface area contributed by atoms with Crippen LogP contribution in [0.4, 0.5) is 13.2 Å². The Labute approximate surface area is 151 Å². The van der Waals surface area contributed by atoms with E-state index in [0.717, 1.165) is 23.1 Å². The molecule has 0 radical (unpaired) electrons. The van der Waals surface area contributed by atoms with Crippen LogP contribution >= 0.6 is 0 Å². The first kappa shape index (κ1) is 19.8. The molecular weight excluding hydrogens is 343 g/mol. The molecule has 0 bridgehead atoms. The van der Waals surface area contributed by atoms with Gasteiger partial charge < -0.3 is 10.1 Å². The third kappa shape index (κ3) is 6.78. The maximum Gasteiger partial charge on any atom is 0.392 e. The molecule has 0 aromatic heterocycles. The SMILES string of the molecule is CC(=O)NC(C)Cc1ccc(-c2ccc(OCCC(F)(F)F)cc2)cc1. The van der Waals surface area contributed by atoms with Gasteiger partial charge in [-0.05, 0) is 42.2 Å². The van der Waals surface area contributed by atoms with Crippen LogP contribution in [0.5, 0.6) is 5.75 Å². The summed E-state index contributed by atoms with van der Waals surface area (Å²) in [5, 5.41) is 2.85. The number of carbonyl (C=O) groups is 1. The predicted octanol–water partition coefficient (Wildman–Crippen LogP) is 4.75. The zero-order valence-electron chi connectivity index (χ0n) is 14.8. The minimum absolute atomic E-state index is 0.0494. The number of alkyl halides is 3. The van der Waals surface area contributed by atoms with Gasteiger partial charge in [-0.15, -0.1) is 0 Å². The van der Waals surface area contributed by atoms with Crippen molar-refractivity contribution in [3.8, 4) is 16.9 Å². The number of carbonyl (C=O) groups excluding carboxylic acids is 1. The van der Waals surface area contributed by atoms with Gasteiger partial charge in [0.1, 0.15) is 5.75 Å². The fourth-order valence-electron chi connectivity index (χ4n) is 2.61. The Balaban J connectivity index is 1.93. The maximum atomic E-state index is 12.1. The molecule has 0 heterocycles. The van der Waals surface area contributed by atoms with Crippen LogP contribution in [0, 0.1) is 0 Å². The molecule has 0 fully saturated rings. The van der Waals surface area contributed by atoms with Crippen molar-refractivity contribution >= 4 is 5.91 Å². The molecular formula is C20H22F3NO2. The van der Waals surface area contributed by atoms with Crippen LogP contribution in [0.25, 0.3) is 11.1 Å². The summed E-state index contributed by atoms with van der Waals surface area (Å²) in [6.45, 7) is 3.06. The van der Waals surface area contributed by atoms with Crippen molar-refractivity contribution in [2.24, 2.45) is 0 Å². The first-order chi connectivity index (χ1) is 12.2. The van der Waals surface area contributed by atoms with Gasteiger partial charge in [0, 0.05) is 13.0 Å². The lowest BCUT2D eigenvalue weighted by molar-refractivity contribution is -0.139. The van der Waals surface area contributed by atoms with Gasteiger partial charge in [-0.2, -0.15) is 13.2 Å². The van der Waals surface area contributed by atoms with E-state index in [0.29, 0.717) is 5.75 Å². The Morgan fingerprint density at radius 1 is 1.04 bits per heavy atom. The van der Waals surface area contributed by atoms with E-state index in [1.807, 2.05) is 43.3 Å². The van der Waals surface area contributed by atoms with Crippen molar-refractivity contribution in [1.82, 2.24) is 5.32 Å². The van der Waals surface area contributed by atoms with Crippen LogP contribution in [0.15, 0.2) is 48.5 Å². The minimum Gasteiger partial charge on any atom is -0.493 e. The van der Waals surface area contributed by atoms with Gasteiger partial charge in [0.25, 0.3) is 0 Å². The van der Waals surface area contributed by atoms with E-state index in [2.05, 4.69) is 5.32 Å². The maximum absolute atomic E-state index is 12.1. The van der Waals surface area contributed by atoms with Crippen molar-refractivity contribution in [2.75, 3.05) is 6.61 Å². The zero-order chi connectivity index (χ0) is 19.2. The average Bonchev–Trinajstić information content (AvgIpc) is 2.54. The molecule has 0 aliphatic carbocycles. The molecule has 0 saturated heterocycles. The summed E-state index contributed by atoms with van der Waals surface area (Å²) >= 11 is 0. The molecule has 1 amide bonds. The molecule has 140 valence electrons. The van der Waals surface area contributed by atoms with Crippen molar-refractivity contribution in [3.05, 3.63) is 54.1 Å². The standard InChI is InChI=1S/C20H22F3NO2/c1-14(24-15(2)25)13-16-3-5-17(6-4-16)18-7-9-19(10-8-18)26-12-11-20(21,22)23/h3-10,14H,11-13H2,1-2H3,(H,24,25). The number of ether oxygens (including phenoxy) is 1. The van der Waals surface area contributed by atoms with Crippen molar-refractivity contribution in [3.63, 3.8) is 0 Å². The molecule has 1 atom stereocenters. The van der Waals surface area contributed by atoms with Crippen LogP contribution < -0.4 is 10.1 Å². The van der Waals surface area contributed by atoms with Gasteiger partial charge in [-0.1, -0.05) is 36.4 Å². The molecule has 0 spiro atoms. The highest BCUT2D eigenvalue weighted by Gasteiger charge is 2.26. The van der Waals surface area contributed by atoms with E-state index in [9.17, 15) is 18.0 Å². The Kier molecular flexibility index (Phi) is 6.66. The fraction of sp³-hybridized carbons (Fsp3) is 0.350. The summed E-state index contributed by atoms with van der Waals surface area (Å²) in [4.78, 5) is 11.0. The quantitative estimate of drug-likeness (QED) is 0.769. The first-order valence-corrected chi connectivity index (χ1v) is 8.39. The van der Waals surface area contributed by atoms with Gasteiger partial charge in [-0.25, -0.2) is 0 Å². The molecule has 0 aliphatic heterocycles. The molecule has 1 N–H and O–H groups in total. The second-order valence-electron chi connectivity index (χ2n) is 6.24. The van der Waals surface area contributed by atoms with E-state index < -0.39 is 12.6 Å².